The van der Waals surface area contributed by atoms with Crippen LogP contribution < -0.4 is 9.64 Å². The van der Waals surface area contributed by atoms with Crippen LogP contribution >= 0.6 is 23.7 Å². The van der Waals surface area contributed by atoms with Crippen molar-refractivity contribution in [3.8, 4) is 5.75 Å². The van der Waals surface area contributed by atoms with Gasteiger partial charge in [0.15, 0.2) is 5.13 Å². The summed E-state index contributed by atoms with van der Waals surface area (Å²) in [6.07, 6.45) is 0. The molecule has 0 radical (unpaired) electrons. The van der Waals surface area contributed by atoms with Crippen molar-refractivity contribution >= 4 is 55.8 Å². The molecule has 0 unspecified atom stereocenters. The molecule has 168 valence electrons. The van der Waals surface area contributed by atoms with E-state index in [-0.39, 0.29) is 18.3 Å². The summed E-state index contributed by atoms with van der Waals surface area (Å²) in [6.45, 7) is 7.57. The smallest absolute Gasteiger partial charge is 0.260 e. The van der Waals surface area contributed by atoms with Gasteiger partial charge in [0.1, 0.15) is 5.75 Å². The molecule has 0 N–H and O–H groups in total. The minimum Gasteiger partial charge on any atom is -0.497 e. The van der Waals surface area contributed by atoms with Crippen molar-refractivity contribution in [2.45, 2.75) is 13.8 Å². The van der Waals surface area contributed by atoms with Crippen LogP contribution in [0.2, 0.25) is 0 Å². The first kappa shape index (κ1) is 24.0. The number of likely N-dealkylation sites (N-methyl/N-ethyl adjacent to an activating group) is 1. The summed E-state index contributed by atoms with van der Waals surface area (Å²) in [6, 6.07) is 19.8. The Labute approximate surface area is 199 Å². The average Bonchev–Trinajstić information content (AvgIpc) is 3.24. The predicted molar refractivity (Wildman–Crippen MR) is 137 cm³/mol. The first-order chi connectivity index (χ1) is 15.1. The number of hydrogen-bond donors (Lipinski definition) is 0. The molecule has 4 rings (SSSR count). The Hall–Kier alpha value is -2.67. The molecule has 0 aliphatic heterocycles. The summed E-state index contributed by atoms with van der Waals surface area (Å²) in [5.74, 6) is 0.740. The zero-order chi connectivity index (χ0) is 21.8. The Balaban J connectivity index is 0.00000289. The second kappa shape index (κ2) is 10.8. The van der Waals surface area contributed by atoms with Gasteiger partial charge in [-0.3, -0.25) is 9.69 Å². The largest absolute Gasteiger partial charge is 0.497 e. The van der Waals surface area contributed by atoms with E-state index in [1.54, 1.807) is 7.11 Å². The number of thiazole rings is 1. The second-order valence-corrected chi connectivity index (χ2v) is 8.38. The highest BCUT2D eigenvalue weighted by Gasteiger charge is 2.22. The molecule has 0 spiro atoms. The number of carbonyl (C=O) groups is 1. The number of nitrogens with zero attached hydrogens (tertiary/aromatic N) is 3. The highest BCUT2D eigenvalue weighted by molar-refractivity contribution is 7.22. The lowest BCUT2D eigenvalue weighted by molar-refractivity contribution is 0.0984. The van der Waals surface area contributed by atoms with Gasteiger partial charge in [-0.15, -0.1) is 12.4 Å². The van der Waals surface area contributed by atoms with E-state index < -0.39 is 0 Å². The van der Waals surface area contributed by atoms with Crippen molar-refractivity contribution < 1.29 is 9.53 Å². The summed E-state index contributed by atoms with van der Waals surface area (Å²) >= 11 is 1.54. The van der Waals surface area contributed by atoms with Crippen molar-refractivity contribution in [1.29, 1.82) is 0 Å². The first-order valence-electron chi connectivity index (χ1n) is 10.6. The number of carbonyl (C=O) groups excluding carboxylic acids is 1. The van der Waals surface area contributed by atoms with Gasteiger partial charge in [0.25, 0.3) is 5.91 Å². The fourth-order valence-corrected chi connectivity index (χ4v) is 4.65. The predicted octanol–water partition coefficient (Wildman–Crippen LogP) is 5.87. The van der Waals surface area contributed by atoms with Crippen LogP contribution in [0.4, 0.5) is 5.13 Å². The molecule has 5 nitrogen and oxygen atoms in total. The minimum atomic E-state index is -0.0241. The van der Waals surface area contributed by atoms with Gasteiger partial charge < -0.3 is 9.64 Å². The SMILES string of the molecule is CCN(CC)CCN(C(=O)c1ccc2ccccc2c1)c1nc2cc(OC)ccc2s1.Cl. The van der Waals surface area contributed by atoms with Gasteiger partial charge in [0.2, 0.25) is 0 Å². The Bertz CT molecular complexity index is 1210. The van der Waals surface area contributed by atoms with Crippen molar-refractivity contribution in [3.05, 3.63) is 66.2 Å². The zero-order valence-corrected chi connectivity index (χ0v) is 20.2. The number of benzene rings is 3. The van der Waals surface area contributed by atoms with E-state index in [1.165, 1.54) is 11.3 Å². The van der Waals surface area contributed by atoms with E-state index in [1.807, 2.05) is 59.5 Å². The van der Waals surface area contributed by atoms with E-state index in [2.05, 4.69) is 24.8 Å². The average molecular weight is 470 g/mol. The molecule has 0 saturated heterocycles. The molecule has 0 aliphatic rings. The van der Waals surface area contributed by atoms with Crippen LogP contribution in [0.25, 0.3) is 21.0 Å². The van der Waals surface area contributed by atoms with Crippen LogP contribution in [0.5, 0.6) is 5.75 Å². The van der Waals surface area contributed by atoms with Crippen LogP contribution in [-0.4, -0.2) is 49.1 Å². The third-order valence-electron chi connectivity index (χ3n) is 5.59. The molecule has 1 heterocycles. The molecular formula is C25H28ClN3O2S. The number of aromatic nitrogens is 1. The van der Waals surface area contributed by atoms with Gasteiger partial charge in [0, 0.05) is 24.7 Å². The van der Waals surface area contributed by atoms with Gasteiger partial charge in [-0.05, 0) is 48.1 Å². The van der Waals surface area contributed by atoms with Crippen LogP contribution in [-0.2, 0) is 0 Å². The summed E-state index contributed by atoms with van der Waals surface area (Å²) < 4.78 is 6.37. The van der Waals surface area contributed by atoms with Crippen LogP contribution in [0.3, 0.4) is 0 Å². The van der Waals surface area contributed by atoms with Gasteiger partial charge in [-0.1, -0.05) is 55.5 Å². The molecule has 0 atom stereocenters. The van der Waals surface area contributed by atoms with Crippen LogP contribution in [0.1, 0.15) is 24.2 Å². The minimum absolute atomic E-state index is 0. The van der Waals surface area contributed by atoms with Crippen molar-refractivity contribution in [2.24, 2.45) is 0 Å². The summed E-state index contributed by atoms with van der Waals surface area (Å²) in [7, 11) is 1.65. The molecule has 0 fully saturated rings. The number of halogens is 1. The normalized spacial score (nSPS) is 11.0. The fraction of sp³-hybridized carbons (Fsp3) is 0.280. The highest BCUT2D eigenvalue weighted by Crippen LogP contribution is 2.32. The van der Waals surface area contributed by atoms with Gasteiger partial charge >= 0.3 is 0 Å². The maximum absolute atomic E-state index is 13.6. The number of rotatable bonds is 8. The maximum Gasteiger partial charge on any atom is 0.260 e. The highest BCUT2D eigenvalue weighted by atomic mass is 35.5. The standard InChI is InChI=1S/C25H27N3O2S.ClH/c1-4-27(5-2)14-15-28(25-26-22-17-21(30-3)12-13-23(22)31-25)24(29)20-11-10-18-8-6-7-9-19(18)16-20;/h6-13,16-17H,4-5,14-15H2,1-3H3;1H. The number of ether oxygens (including phenoxy) is 1. The lowest BCUT2D eigenvalue weighted by atomic mass is 10.1. The van der Waals surface area contributed by atoms with E-state index >= 15 is 0 Å². The Morgan fingerprint density at radius 3 is 2.44 bits per heavy atom. The summed E-state index contributed by atoms with van der Waals surface area (Å²) in [5.41, 5.74) is 1.52. The number of fused-ring (bicyclic) bond motifs is 2. The van der Waals surface area contributed by atoms with Crippen molar-refractivity contribution in [2.75, 3.05) is 38.2 Å². The second-order valence-electron chi connectivity index (χ2n) is 7.38. The Morgan fingerprint density at radius 2 is 1.72 bits per heavy atom. The van der Waals surface area contributed by atoms with Crippen LogP contribution in [0, 0.1) is 0 Å². The van der Waals surface area contributed by atoms with Gasteiger partial charge in [0.05, 0.1) is 17.3 Å². The quantitative estimate of drug-likeness (QED) is 0.324. The third kappa shape index (κ3) is 5.04. The maximum atomic E-state index is 13.6. The first-order valence-corrected chi connectivity index (χ1v) is 11.4. The van der Waals surface area contributed by atoms with Gasteiger partial charge in [-0.25, -0.2) is 4.98 Å². The molecule has 7 heteroatoms. The van der Waals surface area contributed by atoms with Gasteiger partial charge in [-0.2, -0.15) is 0 Å². The Morgan fingerprint density at radius 1 is 0.969 bits per heavy atom. The Kier molecular flexibility index (Phi) is 8.07. The van der Waals surface area contributed by atoms with Crippen molar-refractivity contribution in [3.63, 3.8) is 0 Å². The molecule has 3 aromatic carbocycles. The molecule has 4 aromatic rings. The molecular weight excluding hydrogens is 442 g/mol. The lowest BCUT2D eigenvalue weighted by Crippen LogP contribution is -2.38. The van der Waals surface area contributed by atoms with Crippen molar-refractivity contribution in [1.82, 2.24) is 9.88 Å². The molecule has 0 aliphatic carbocycles. The number of hydrogen-bond acceptors (Lipinski definition) is 5. The molecule has 0 bridgehead atoms. The number of anilines is 1. The summed E-state index contributed by atoms with van der Waals surface area (Å²) in [5, 5.41) is 2.90. The molecule has 1 amide bonds. The number of methoxy groups -OCH3 is 1. The topological polar surface area (TPSA) is 45.7 Å². The lowest BCUT2D eigenvalue weighted by Gasteiger charge is -2.24. The van der Waals surface area contributed by atoms with E-state index in [0.29, 0.717) is 17.2 Å². The van der Waals surface area contributed by atoms with E-state index in [0.717, 1.165) is 46.4 Å². The van der Waals surface area contributed by atoms with E-state index in [9.17, 15) is 4.79 Å². The van der Waals surface area contributed by atoms with E-state index in [4.69, 9.17) is 9.72 Å². The fourth-order valence-electron chi connectivity index (χ4n) is 3.68. The summed E-state index contributed by atoms with van der Waals surface area (Å²) in [4.78, 5) is 22.5. The zero-order valence-electron chi connectivity index (χ0n) is 18.6. The van der Waals surface area contributed by atoms with Crippen LogP contribution in [0.15, 0.2) is 60.7 Å². The monoisotopic (exact) mass is 469 g/mol. The third-order valence-corrected chi connectivity index (χ3v) is 6.65. The number of amides is 1. The molecule has 0 saturated carbocycles. The molecule has 32 heavy (non-hydrogen) atoms. The molecule has 1 aromatic heterocycles.